The lowest BCUT2D eigenvalue weighted by Crippen LogP contribution is -2.60. The van der Waals surface area contributed by atoms with Crippen molar-refractivity contribution in [2.75, 3.05) is 0 Å². The van der Waals surface area contributed by atoms with Gasteiger partial charge in [-0.25, -0.2) is 0 Å². The third-order valence-electron chi connectivity index (χ3n) is 11.3. The number of aliphatic hydroxyl groups is 1. The van der Waals surface area contributed by atoms with Crippen molar-refractivity contribution in [3.8, 4) is 0 Å². The van der Waals surface area contributed by atoms with E-state index in [0.29, 0.717) is 30.4 Å². The molecule has 0 aromatic carbocycles. The average Bonchev–Trinajstić information content (AvgIpc) is 2.99. The Labute approximate surface area is 219 Å². The van der Waals surface area contributed by atoms with Crippen molar-refractivity contribution in [1.82, 2.24) is 0 Å². The summed E-state index contributed by atoms with van der Waals surface area (Å²) in [6, 6.07) is 0. The van der Waals surface area contributed by atoms with E-state index in [4.69, 9.17) is 0 Å². The Morgan fingerprint density at radius 3 is 2.22 bits per heavy atom. The summed E-state index contributed by atoms with van der Waals surface area (Å²) in [6.07, 6.45) is 0.736. The Kier molecular flexibility index (Phi) is 6.54. The van der Waals surface area contributed by atoms with Crippen molar-refractivity contribution in [2.24, 2.45) is 45.3 Å². The van der Waals surface area contributed by atoms with E-state index >= 15 is 0 Å². The van der Waals surface area contributed by atoms with Gasteiger partial charge in [-0.15, -0.1) is 0 Å². The molecule has 0 aromatic heterocycles. The van der Waals surface area contributed by atoms with E-state index in [-0.39, 0.29) is 66.6 Å². The van der Waals surface area contributed by atoms with Crippen molar-refractivity contribution in [1.29, 1.82) is 0 Å². The lowest BCUT2D eigenvalue weighted by atomic mass is 9.42. The summed E-state index contributed by atoms with van der Waals surface area (Å²) in [7, 11) is 0. The van der Waals surface area contributed by atoms with Gasteiger partial charge in [0.05, 0.1) is 17.4 Å². The third kappa shape index (κ3) is 3.74. The number of carboxylic acids is 1. The Balaban J connectivity index is 1.75. The van der Waals surface area contributed by atoms with Crippen LogP contribution < -0.4 is 0 Å². The van der Waals surface area contributed by atoms with Gasteiger partial charge in [0.2, 0.25) is 0 Å². The number of fused-ring (bicyclic) bond motifs is 4. The van der Waals surface area contributed by atoms with E-state index in [0.717, 1.165) is 0 Å². The molecule has 4 aliphatic carbocycles. The van der Waals surface area contributed by atoms with E-state index in [1.807, 2.05) is 41.5 Å². The fourth-order valence-electron chi connectivity index (χ4n) is 8.93. The normalized spacial score (nSPS) is 40.5. The van der Waals surface area contributed by atoms with Crippen LogP contribution in [0.25, 0.3) is 0 Å². The zero-order chi connectivity index (χ0) is 27.9. The average molecular weight is 515 g/mol. The fraction of sp³-hybridized carbons (Fsp3) is 0.767. The van der Waals surface area contributed by atoms with Gasteiger partial charge in [0.25, 0.3) is 0 Å². The molecule has 0 heterocycles. The van der Waals surface area contributed by atoms with Gasteiger partial charge in [-0.3, -0.25) is 24.0 Å². The molecule has 0 aromatic rings. The maximum absolute atomic E-state index is 14.0. The first-order valence-electron chi connectivity index (χ1n) is 13.7. The first kappa shape index (κ1) is 27.9. The van der Waals surface area contributed by atoms with Crippen LogP contribution in [0.15, 0.2) is 11.1 Å². The number of aliphatic hydroxyl groups excluding tert-OH is 1. The number of rotatable bonds is 6. The van der Waals surface area contributed by atoms with Gasteiger partial charge in [-0.05, 0) is 48.5 Å². The summed E-state index contributed by atoms with van der Waals surface area (Å²) in [5.41, 5.74) is -1.92. The van der Waals surface area contributed by atoms with Crippen molar-refractivity contribution in [3.63, 3.8) is 0 Å². The van der Waals surface area contributed by atoms with Crippen LogP contribution in [-0.2, 0) is 24.0 Å². The van der Waals surface area contributed by atoms with Crippen LogP contribution in [0.5, 0.6) is 0 Å². The Bertz CT molecular complexity index is 1110. The van der Waals surface area contributed by atoms with Gasteiger partial charge in [0.1, 0.15) is 17.3 Å². The van der Waals surface area contributed by atoms with Gasteiger partial charge in [-0.2, -0.15) is 0 Å². The quantitative estimate of drug-likeness (QED) is 0.540. The summed E-state index contributed by atoms with van der Waals surface area (Å²) in [5, 5.41) is 20.7. The minimum absolute atomic E-state index is 0.00884. The first-order chi connectivity index (χ1) is 16.9. The van der Waals surface area contributed by atoms with Gasteiger partial charge >= 0.3 is 5.97 Å². The van der Waals surface area contributed by atoms with Gasteiger partial charge in [0.15, 0.2) is 5.78 Å². The predicted octanol–water partition coefficient (Wildman–Crippen LogP) is 4.34. The van der Waals surface area contributed by atoms with Crippen LogP contribution in [0.3, 0.4) is 0 Å². The number of hydrogen-bond acceptors (Lipinski definition) is 6. The van der Waals surface area contributed by atoms with Crippen LogP contribution in [0.2, 0.25) is 0 Å². The molecule has 4 rings (SSSR count). The summed E-state index contributed by atoms with van der Waals surface area (Å²) in [5.74, 6) is -2.49. The number of ketones is 4. The lowest BCUT2D eigenvalue weighted by Gasteiger charge is -2.60. The second-order valence-electron chi connectivity index (χ2n) is 13.7. The standard InChI is InChI=1S/C30H42O7/c1-15(10-17(31)11-16(2)26(36)37)18-12-23(35)30(7)25-19(32)13-21-27(3,4)22(34)8-9-28(21,5)24(25)20(33)14-29(18,30)6/h15-16,18-19,21,32H,8-14H2,1-7H3,(H,36,37)/t15-,16+,18-,19+,21+,28+,29+,30+/m0/s1. The summed E-state index contributed by atoms with van der Waals surface area (Å²) in [6.45, 7) is 13.1. The number of aliphatic carboxylic acids is 1. The molecule has 2 N–H and O–H groups in total. The van der Waals surface area contributed by atoms with Crippen LogP contribution in [-0.4, -0.2) is 45.4 Å². The second kappa shape index (κ2) is 8.69. The van der Waals surface area contributed by atoms with Crippen LogP contribution in [0.4, 0.5) is 0 Å². The van der Waals surface area contributed by atoms with Gasteiger partial charge < -0.3 is 10.2 Å². The molecule has 0 spiro atoms. The molecular weight excluding hydrogens is 472 g/mol. The monoisotopic (exact) mass is 514 g/mol. The van der Waals surface area contributed by atoms with Crippen molar-refractivity contribution >= 4 is 29.1 Å². The number of carbonyl (C=O) groups is 5. The Hall–Kier alpha value is -2.15. The van der Waals surface area contributed by atoms with Crippen LogP contribution in [0, 0.1) is 45.3 Å². The fourth-order valence-corrected chi connectivity index (χ4v) is 8.93. The highest BCUT2D eigenvalue weighted by atomic mass is 16.4. The third-order valence-corrected chi connectivity index (χ3v) is 11.3. The number of Topliss-reactive ketones (excluding diaryl/α,β-unsaturated/α-hetero) is 4. The van der Waals surface area contributed by atoms with E-state index in [2.05, 4.69) is 0 Å². The number of allylic oxidation sites excluding steroid dienone is 1. The van der Waals surface area contributed by atoms with E-state index in [1.54, 1.807) is 0 Å². The lowest BCUT2D eigenvalue weighted by molar-refractivity contribution is -0.147. The number of carboxylic acid groups (broad SMARTS) is 1. The zero-order valence-electron chi connectivity index (χ0n) is 23.3. The maximum atomic E-state index is 14.0. The molecule has 4 aliphatic rings. The second-order valence-corrected chi connectivity index (χ2v) is 13.7. The minimum Gasteiger partial charge on any atom is -0.481 e. The largest absolute Gasteiger partial charge is 0.481 e. The first-order valence-corrected chi connectivity index (χ1v) is 13.7. The highest BCUT2D eigenvalue weighted by molar-refractivity contribution is 6.05. The van der Waals surface area contributed by atoms with E-state index in [9.17, 15) is 34.2 Å². The van der Waals surface area contributed by atoms with Crippen LogP contribution >= 0.6 is 0 Å². The summed E-state index contributed by atoms with van der Waals surface area (Å²) >= 11 is 0. The van der Waals surface area contributed by atoms with Crippen molar-refractivity contribution in [3.05, 3.63) is 11.1 Å². The molecule has 0 bridgehead atoms. The highest BCUT2D eigenvalue weighted by Gasteiger charge is 2.70. The number of carbonyl (C=O) groups excluding carboxylic acids is 4. The summed E-state index contributed by atoms with van der Waals surface area (Å²) < 4.78 is 0. The molecule has 0 radical (unpaired) electrons. The summed E-state index contributed by atoms with van der Waals surface area (Å²) in [4.78, 5) is 64.6. The minimum atomic E-state index is -1.04. The molecule has 0 aliphatic heterocycles. The highest BCUT2D eigenvalue weighted by Crippen LogP contribution is 2.70. The molecule has 2 fully saturated rings. The smallest absolute Gasteiger partial charge is 0.306 e. The molecular formula is C30H42O7. The Morgan fingerprint density at radius 2 is 1.62 bits per heavy atom. The molecule has 0 unspecified atom stereocenters. The van der Waals surface area contributed by atoms with Gasteiger partial charge in [-0.1, -0.05) is 41.5 Å². The molecule has 7 heteroatoms. The molecule has 7 nitrogen and oxygen atoms in total. The van der Waals surface area contributed by atoms with Crippen LogP contribution in [0.1, 0.15) is 93.4 Å². The topological polar surface area (TPSA) is 126 Å². The van der Waals surface area contributed by atoms with E-state index in [1.165, 1.54) is 6.92 Å². The Morgan fingerprint density at radius 1 is 1.00 bits per heavy atom. The van der Waals surface area contributed by atoms with E-state index < -0.39 is 39.7 Å². The predicted molar refractivity (Wildman–Crippen MR) is 136 cm³/mol. The van der Waals surface area contributed by atoms with Gasteiger partial charge in [0, 0.05) is 48.5 Å². The molecule has 2 saturated carbocycles. The SMILES string of the molecule is C[C@H](CC(=O)C[C@H](C)[C@@H]1CC(=O)[C@]2(C)C3=C(C(=O)C[C@]12C)[C@]1(C)CCC(=O)C(C)(C)[C@H]1C[C@H]3O)C(=O)O. The number of hydrogen-bond donors (Lipinski definition) is 2. The molecule has 0 saturated heterocycles. The molecule has 204 valence electrons. The molecule has 37 heavy (non-hydrogen) atoms. The maximum Gasteiger partial charge on any atom is 0.306 e. The molecule has 0 amide bonds. The van der Waals surface area contributed by atoms with Crippen molar-refractivity contribution < 1.29 is 34.2 Å². The molecule has 8 atom stereocenters. The van der Waals surface area contributed by atoms with Crippen molar-refractivity contribution in [2.45, 2.75) is 99.5 Å². The zero-order valence-corrected chi connectivity index (χ0v) is 23.3.